The van der Waals surface area contributed by atoms with Gasteiger partial charge in [0.15, 0.2) is 5.78 Å². The molecule has 0 heterocycles. The first-order chi connectivity index (χ1) is 5.81. The van der Waals surface area contributed by atoms with Crippen LogP contribution in [0.2, 0.25) is 0 Å². The quantitative estimate of drug-likeness (QED) is 0.466. The van der Waals surface area contributed by atoms with Crippen molar-refractivity contribution < 1.29 is 4.79 Å². The number of allylic oxidation sites excluding steroid dienone is 1. The summed E-state index contributed by atoms with van der Waals surface area (Å²) >= 11 is 0. The van der Waals surface area contributed by atoms with E-state index in [1.165, 1.54) is 19.3 Å². The van der Waals surface area contributed by atoms with Gasteiger partial charge in [0.2, 0.25) is 0 Å². The van der Waals surface area contributed by atoms with E-state index in [-0.39, 0.29) is 5.78 Å². The summed E-state index contributed by atoms with van der Waals surface area (Å²) in [5.41, 5.74) is 0. The van der Waals surface area contributed by atoms with Crippen molar-refractivity contribution in [3.05, 3.63) is 12.2 Å². The maximum absolute atomic E-state index is 10.9. The van der Waals surface area contributed by atoms with Gasteiger partial charge in [0.05, 0.1) is 6.54 Å². The van der Waals surface area contributed by atoms with E-state index in [0.717, 1.165) is 6.54 Å². The molecule has 0 aromatic rings. The largest absolute Gasteiger partial charge is 0.310 e. The summed E-state index contributed by atoms with van der Waals surface area (Å²) in [5, 5.41) is 3.10. The molecular formula is C10H19NO. The predicted octanol–water partition coefficient (Wildman–Crippen LogP) is 1.91. The van der Waals surface area contributed by atoms with Crippen molar-refractivity contribution in [2.75, 3.05) is 13.1 Å². The third kappa shape index (κ3) is 7.48. The lowest BCUT2D eigenvalue weighted by Crippen LogP contribution is -2.22. The van der Waals surface area contributed by atoms with E-state index in [1.54, 1.807) is 12.2 Å². The summed E-state index contributed by atoms with van der Waals surface area (Å²) in [7, 11) is 0. The van der Waals surface area contributed by atoms with E-state index in [1.807, 2.05) is 6.92 Å². The van der Waals surface area contributed by atoms with Gasteiger partial charge >= 0.3 is 0 Å². The molecule has 1 N–H and O–H groups in total. The fourth-order valence-corrected chi connectivity index (χ4v) is 0.956. The minimum atomic E-state index is 0.161. The molecule has 0 spiro atoms. The Hall–Kier alpha value is -0.630. The first kappa shape index (κ1) is 11.4. The Morgan fingerprint density at radius 2 is 2.17 bits per heavy atom. The normalized spacial score (nSPS) is 10.8. The molecule has 2 heteroatoms. The van der Waals surface area contributed by atoms with Gasteiger partial charge in [0, 0.05) is 0 Å². The van der Waals surface area contributed by atoms with Crippen molar-refractivity contribution in [1.29, 1.82) is 0 Å². The standard InChI is InChI=1S/C10H19NO/c1-3-5-6-8-11-9-10(12)7-4-2/h4,7,11H,3,5-6,8-9H2,1-2H3/b7-4+. The molecular weight excluding hydrogens is 150 g/mol. The van der Waals surface area contributed by atoms with Crippen LogP contribution in [-0.2, 0) is 4.79 Å². The highest BCUT2D eigenvalue weighted by Gasteiger charge is 1.93. The second-order valence-corrected chi connectivity index (χ2v) is 2.85. The zero-order chi connectivity index (χ0) is 9.23. The Balaban J connectivity index is 3.14. The van der Waals surface area contributed by atoms with Crippen molar-refractivity contribution >= 4 is 5.78 Å². The van der Waals surface area contributed by atoms with Gasteiger partial charge in [0.25, 0.3) is 0 Å². The van der Waals surface area contributed by atoms with Crippen LogP contribution in [0.5, 0.6) is 0 Å². The monoisotopic (exact) mass is 169 g/mol. The van der Waals surface area contributed by atoms with Crippen LogP contribution in [0.15, 0.2) is 12.2 Å². The van der Waals surface area contributed by atoms with E-state index in [4.69, 9.17) is 0 Å². The molecule has 0 saturated heterocycles. The average Bonchev–Trinajstić information content (AvgIpc) is 2.05. The van der Waals surface area contributed by atoms with Crippen LogP contribution in [0.4, 0.5) is 0 Å². The summed E-state index contributed by atoms with van der Waals surface area (Å²) < 4.78 is 0. The van der Waals surface area contributed by atoms with E-state index in [2.05, 4.69) is 12.2 Å². The highest BCUT2D eigenvalue weighted by Crippen LogP contribution is 1.90. The zero-order valence-corrected chi connectivity index (χ0v) is 8.10. The van der Waals surface area contributed by atoms with Crippen LogP contribution in [-0.4, -0.2) is 18.9 Å². The number of carbonyl (C=O) groups excluding carboxylic acids is 1. The summed E-state index contributed by atoms with van der Waals surface area (Å²) in [6, 6.07) is 0. The van der Waals surface area contributed by atoms with E-state index >= 15 is 0 Å². The summed E-state index contributed by atoms with van der Waals surface area (Å²) in [4.78, 5) is 10.9. The lowest BCUT2D eigenvalue weighted by atomic mass is 10.2. The lowest BCUT2D eigenvalue weighted by Gasteiger charge is -2.00. The fourth-order valence-electron chi connectivity index (χ4n) is 0.956. The number of carbonyl (C=O) groups is 1. The first-order valence-corrected chi connectivity index (χ1v) is 4.67. The molecule has 70 valence electrons. The van der Waals surface area contributed by atoms with E-state index in [9.17, 15) is 4.79 Å². The number of ketones is 1. The average molecular weight is 169 g/mol. The van der Waals surface area contributed by atoms with Gasteiger partial charge in [-0.05, 0) is 26.0 Å². The van der Waals surface area contributed by atoms with Gasteiger partial charge < -0.3 is 5.32 Å². The molecule has 0 rings (SSSR count). The molecule has 0 saturated carbocycles. The topological polar surface area (TPSA) is 29.1 Å². The molecule has 0 aromatic heterocycles. The third-order valence-corrected chi connectivity index (χ3v) is 1.61. The van der Waals surface area contributed by atoms with Gasteiger partial charge in [0.1, 0.15) is 0 Å². The molecule has 0 amide bonds. The molecule has 0 bridgehead atoms. The molecule has 0 aliphatic carbocycles. The fraction of sp³-hybridized carbons (Fsp3) is 0.700. The Morgan fingerprint density at radius 1 is 1.42 bits per heavy atom. The number of unbranched alkanes of at least 4 members (excludes halogenated alkanes) is 2. The molecule has 0 fully saturated rings. The maximum Gasteiger partial charge on any atom is 0.169 e. The van der Waals surface area contributed by atoms with Gasteiger partial charge in [-0.3, -0.25) is 4.79 Å². The van der Waals surface area contributed by atoms with Crippen LogP contribution in [0.3, 0.4) is 0 Å². The van der Waals surface area contributed by atoms with Crippen LogP contribution in [0.1, 0.15) is 33.1 Å². The van der Waals surface area contributed by atoms with Crippen LogP contribution in [0, 0.1) is 0 Å². The van der Waals surface area contributed by atoms with Crippen LogP contribution < -0.4 is 5.32 Å². The Labute approximate surface area is 75.0 Å². The second kappa shape index (κ2) is 8.47. The number of nitrogens with one attached hydrogen (secondary N) is 1. The summed E-state index contributed by atoms with van der Waals surface area (Å²) in [6.45, 7) is 5.46. The third-order valence-electron chi connectivity index (χ3n) is 1.61. The van der Waals surface area contributed by atoms with E-state index < -0.39 is 0 Å². The molecule has 0 aliphatic rings. The minimum Gasteiger partial charge on any atom is -0.310 e. The molecule has 2 nitrogen and oxygen atoms in total. The highest BCUT2D eigenvalue weighted by atomic mass is 16.1. The summed E-state index contributed by atoms with van der Waals surface area (Å²) in [6.07, 6.45) is 7.01. The Morgan fingerprint density at radius 3 is 2.75 bits per heavy atom. The zero-order valence-electron chi connectivity index (χ0n) is 8.10. The Kier molecular flexibility index (Phi) is 8.02. The van der Waals surface area contributed by atoms with Crippen molar-refractivity contribution in [2.45, 2.75) is 33.1 Å². The smallest absolute Gasteiger partial charge is 0.169 e. The first-order valence-electron chi connectivity index (χ1n) is 4.67. The molecule has 12 heavy (non-hydrogen) atoms. The maximum atomic E-state index is 10.9. The van der Waals surface area contributed by atoms with Crippen molar-refractivity contribution in [3.63, 3.8) is 0 Å². The molecule has 0 atom stereocenters. The SMILES string of the molecule is C/C=C/C(=O)CNCCCCC. The van der Waals surface area contributed by atoms with Gasteiger partial charge in [-0.2, -0.15) is 0 Å². The Bertz CT molecular complexity index is 141. The van der Waals surface area contributed by atoms with Gasteiger partial charge in [-0.1, -0.05) is 25.8 Å². The van der Waals surface area contributed by atoms with Crippen molar-refractivity contribution in [1.82, 2.24) is 5.32 Å². The number of hydrogen-bond donors (Lipinski definition) is 1. The second-order valence-electron chi connectivity index (χ2n) is 2.85. The van der Waals surface area contributed by atoms with Crippen molar-refractivity contribution in [3.8, 4) is 0 Å². The van der Waals surface area contributed by atoms with Crippen molar-refractivity contribution in [2.24, 2.45) is 0 Å². The van der Waals surface area contributed by atoms with Gasteiger partial charge in [-0.25, -0.2) is 0 Å². The van der Waals surface area contributed by atoms with Crippen LogP contribution in [0.25, 0.3) is 0 Å². The molecule has 0 unspecified atom stereocenters. The van der Waals surface area contributed by atoms with E-state index in [0.29, 0.717) is 6.54 Å². The summed E-state index contributed by atoms with van der Waals surface area (Å²) in [5.74, 6) is 0.161. The lowest BCUT2D eigenvalue weighted by molar-refractivity contribution is -0.113. The number of hydrogen-bond acceptors (Lipinski definition) is 2. The molecule has 0 aromatic carbocycles. The molecule has 0 aliphatic heterocycles. The predicted molar refractivity (Wildman–Crippen MR) is 52.2 cm³/mol. The minimum absolute atomic E-state index is 0.161. The highest BCUT2D eigenvalue weighted by molar-refractivity contribution is 5.91. The molecule has 0 radical (unpaired) electrons. The number of rotatable bonds is 7. The van der Waals surface area contributed by atoms with Crippen LogP contribution >= 0.6 is 0 Å². The van der Waals surface area contributed by atoms with Gasteiger partial charge in [-0.15, -0.1) is 0 Å².